The van der Waals surface area contributed by atoms with E-state index >= 15 is 0 Å². The molecule has 0 radical (unpaired) electrons. The van der Waals surface area contributed by atoms with E-state index in [0.717, 1.165) is 24.0 Å². The maximum Gasteiger partial charge on any atom is 0.0577 e. The van der Waals surface area contributed by atoms with Crippen LogP contribution >= 0.6 is 15.9 Å². The average Bonchev–Trinajstić information content (AvgIpc) is 2.29. The summed E-state index contributed by atoms with van der Waals surface area (Å²) < 4.78 is 1.16. The van der Waals surface area contributed by atoms with Crippen molar-refractivity contribution in [3.05, 3.63) is 34.3 Å². The third kappa shape index (κ3) is 2.65. The van der Waals surface area contributed by atoms with Crippen LogP contribution in [0.15, 0.2) is 28.7 Å². The van der Waals surface area contributed by atoms with Crippen molar-refractivity contribution in [1.82, 2.24) is 4.90 Å². The lowest BCUT2D eigenvalue weighted by molar-refractivity contribution is 0.146. The molecule has 88 valence electrons. The Bertz CT molecular complexity index is 354. The smallest absolute Gasteiger partial charge is 0.0577 e. The fourth-order valence-corrected chi connectivity index (χ4v) is 2.92. The zero-order valence-electron chi connectivity index (χ0n) is 9.70. The molecule has 1 aromatic rings. The second kappa shape index (κ2) is 5.30. The molecule has 2 rings (SSSR count). The Balaban J connectivity index is 2.07. The third-order valence-corrected chi connectivity index (χ3v) is 3.98. The van der Waals surface area contributed by atoms with Gasteiger partial charge in [-0.1, -0.05) is 35.0 Å². The van der Waals surface area contributed by atoms with E-state index in [1.807, 2.05) is 0 Å². The van der Waals surface area contributed by atoms with E-state index < -0.39 is 0 Å². The summed E-state index contributed by atoms with van der Waals surface area (Å²) in [5.41, 5.74) is 7.59. The summed E-state index contributed by atoms with van der Waals surface area (Å²) in [5.74, 6) is 0.621. The molecule has 0 amide bonds. The Morgan fingerprint density at radius 3 is 2.94 bits per heavy atom. The summed E-state index contributed by atoms with van der Waals surface area (Å²) in [6.45, 7) is 4.36. The van der Waals surface area contributed by atoms with Crippen LogP contribution in [0.25, 0.3) is 0 Å². The van der Waals surface area contributed by atoms with Crippen molar-refractivity contribution >= 4 is 15.9 Å². The van der Waals surface area contributed by atoms with Crippen LogP contribution in [0, 0.1) is 0 Å². The predicted molar refractivity (Wildman–Crippen MR) is 71.3 cm³/mol. The predicted octanol–water partition coefficient (Wildman–Crippen LogP) is 2.93. The van der Waals surface area contributed by atoms with Gasteiger partial charge in [0.1, 0.15) is 0 Å². The highest BCUT2D eigenvalue weighted by Gasteiger charge is 2.25. The Morgan fingerprint density at radius 1 is 1.50 bits per heavy atom. The molecule has 1 heterocycles. The summed E-state index contributed by atoms with van der Waals surface area (Å²) in [6.07, 6.45) is 2.52. The average molecular weight is 283 g/mol. The summed E-state index contributed by atoms with van der Waals surface area (Å²) in [5, 5.41) is 0. The quantitative estimate of drug-likeness (QED) is 0.904. The van der Waals surface area contributed by atoms with Gasteiger partial charge in [-0.25, -0.2) is 0 Å². The van der Waals surface area contributed by atoms with Gasteiger partial charge < -0.3 is 5.73 Å². The van der Waals surface area contributed by atoms with Gasteiger partial charge in [0.05, 0.1) is 6.17 Å². The molecular formula is C13H19BrN2. The zero-order chi connectivity index (χ0) is 11.5. The van der Waals surface area contributed by atoms with E-state index in [0.29, 0.717) is 5.92 Å². The van der Waals surface area contributed by atoms with Crippen molar-refractivity contribution < 1.29 is 0 Å². The van der Waals surface area contributed by atoms with E-state index in [9.17, 15) is 0 Å². The van der Waals surface area contributed by atoms with Crippen LogP contribution in [0.5, 0.6) is 0 Å². The Hall–Kier alpha value is -0.380. The molecular weight excluding hydrogens is 264 g/mol. The van der Waals surface area contributed by atoms with Gasteiger partial charge in [-0.05, 0) is 43.0 Å². The molecule has 1 aromatic carbocycles. The molecule has 0 saturated carbocycles. The first-order valence-corrected chi connectivity index (χ1v) is 6.75. The van der Waals surface area contributed by atoms with Crippen molar-refractivity contribution in [2.45, 2.75) is 31.8 Å². The number of piperidine rings is 1. The van der Waals surface area contributed by atoms with Crippen molar-refractivity contribution in [2.24, 2.45) is 5.73 Å². The van der Waals surface area contributed by atoms with Gasteiger partial charge >= 0.3 is 0 Å². The lowest BCUT2D eigenvalue weighted by Crippen LogP contribution is -2.47. The van der Waals surface area contributed by atoms with Gasteiger partial charge in [-0.3, -0.25) is 4.90 Å². The van der Waals surface area contributed by atoms with Crippen molar-refractivity contribution in [1.29, 1.82) is 0 Å². The monoisotopic (exact) mass is 282 g/mol. The lowest BCUT2D eigenvalue weighted by Gasteiger charge is -2.36. The van der Waals surface area contributed by atoms with Crippen molar-refractivity contribution in [3.8, 4) is 0 Å². The summed E-state index contributed by atoms with van der Waals surface area (Å²) in [7, 11) is 0. The van der Waals surface area contributed by atoms with Gasteiger partial charge in [0.2, 0.25) is 0 Å². The second-order valence-electron chi connectivity index (χ2n) is 4.47. The fraction of sp³-hybridized carbons (Fsp3) is 0.538. The zero-order valence-corrected chi connectivity index (χ0v) is 11.3. The number of likely N-dealkylation sites (tertiary alicyclic amines) is 1. The highest BCUT2D eigenvalue weighted by Crippen LogP contribution is 2.31. The molecule has 1 aliphatic rings. The van der Waals surface area contributed by atoms with Gasteiger partial charge in [0, 0.05) is 11.0 Å². The van der Waals surface area contributed by atoms with Gasteiger partial charge in [0.25, 0.3) is 0 Å². The van der Waals surface area contributed by atoms with Crippen LogP contribution in [-0.2, 0) is 0 Å². The van der Waals surface area contributed by atoms with Crippen LogP contribution in [0.1, 0.15) is 31.2 Å². The summed E-state index contributed by atoms with van der Waals surface area (Å²) >= 11 is 3.53. The molecule has 0 bridgehead atoms. The van der Waals surface area contributed by atoms with E-state index in [1.54, 1.807) is 0 Å². The van der Waals surface area contributed by atoms with Crippen LogP contribution in [0.4, 0.5) is 0 Å². The number of nitrogens with zero attached hydrogens (tertiary/aromatic N) is 1. The molecule has 1 saturated heterocycles. The Labute approximate surface area is 106 Å². The Kier molecular flexibility index (Phi) is 4.00. The van der Waals surface area contributed by atoms with E-state index in [4.69, 9.17) is 5.73 Å². The molecule has 1 aliphatic heterocycles. The van der Waals surface area contributed by atoms with E-state index in [1.165, 1.54) is 12.0 Å². The number of hydrogen-bond donors (Lipinski definition) is 1. The maximum atomic E-state index is 6.17. The number of nitrogens with two attached hydrogens (primary N) is 1. The Morgan fingerprint density at radius 2 is 2.31 bits per heavy atom. The molecule has 2 atom stereocenters. The first kappa shape index (κ1) is 12.1. The topological polar surface area (TPSA) is 29.3 Å². The molecule has 16 heavy (non-hydrogen) atoms. The molecule has 0 aromatic heterocycles. The lowest BCUT2D eigenvalue weighted by atomic mass is 9.88. The molecule has 2 N–H and O–H groups in total. The maximum absolute atomic E-state index is 6.17. The summed E-state index contributed by atoms with van der Waals surface area (Å²) in [6, 6.07) is 8.62. The van der Waals surface area contributed by atoms with Gasteiger partial charge in [0.15, 0.2) is 0 Å². The molecule has 2 nitrogen and oxygen atoms in total. The molecule has 1 fully saturated rings. The summed E-state index contributed by atoms with van der Waals surface area (Å²) in [4.78, 5) is 2.36. The van der Waals surface area contributed by atoms with Crippen LogP contribution in [0.2, 0.25) is 0 Å². The second-order valence-corrected chi connectivity index (χ2v) is 5.39. The fourth-order valence-electron chi connectivity index (χ4n) is 2.50. The normalized spacial score (nSPS) is 26.9. The van der Waals surface area contributed by atoms with E-state index in [-0.39, 0.29) is 6.17 Å². The SMILES string of the molecule is CCN1CCC(c2cccc(Br)c2)CC1N. The number of hydrogen-bond acceptors (Lipinski definition) is 2. The standard InChI is InChI=1S/C13H19BrN2/c1-2-16-7-6-11(9-13(16)15)10-4-3-5-12(14)8-10/h3-5,8,11,13H,2,6-7,9,15H2,1H3. The van der Waals surface area contributed by atoms with Gasteiger partial charge in [-0.2, -0.15) is 0 Å². The first-order valence-electron chi connectivity index (χ1n) is 5.95. The van der Waals surface area contributed by atoms with E-state index in [2.05, 4.69) is 52.0 Å². The van der Waals surface area contributed by atoms with Crippen molar-refractivity contribution in [2.75, 3.05) is 13.1 Å². The molecule has 0 spiro atoms. The highest BCUT2D eigenvalue weighted by atomic mass is 79.9. The first-order chi connectivity index (χ1) is 7.70. The van der Waals surface area contributed by atoms with Crippen LogP contribution < -0.4 is 5.73 Å². The van der Waals surface area contributed by atoms with Gasteiger partial charge in [-0.15, -0.1) is 0 Å². The highest BCUT2D eigenvalue weighted by molar-refractivity contribution is 9.10. The van der Waals surface area contributed by atoms with Crippen LogP contribution in [-0.4, -0.2) is 24.2 Å². The van der Waals surface area contributed by atoms with Crippen molar-refractivity contribution in [3.63, 3.8) is 0 Å². The van der Waals surface area contributed by atoms with Crippen LogP contribution in [0.3, 0.4) is 0 Å². The number of benzene rings is 1. The minimum Gasteiger partial charge on any atom is -0.316 e. The molecule has 2 unspecified atom stereocenters. The minimum absolute atomic E-state index is 0.225. The third-order valence-electron chi connectivity index (χ3n) is 3.49. The molecule has 0 aliphatic carbocycles. The molecule has 3 heteroatoms. The number of rotatable bonds is 2. The largest absolute Gasteiger partial charge is 0.316 e. The minimum atomic E-state index is 0.225. The number of halogens is 1.